The van der Waals surface area contributed by atoms with Crippen LogP contribution in [-0.4, -0.2) is 27.9 Å². The van der Waals surface area contributed by atoms with E-state index in [1.165, 1.54) is 0 Å². The molecule has 3 aromatic rings. The smallest absolute Gasteiger partial charge is 0.258 e. The summed E-state index contributed by atoms with van der Waals surface area (Å²) in [5.74, 6) is 0.483. The second-order valence-electron chi connectivity index (χ2n) is 5.58. The molecule has 0 unspecified atom stereocenters. The van der Waals surface area contributed by atoms with Gasteiger partial charge in [-0.1, -0.05) is 18.2 Å². The molecule has 1 aromatic carbocycles. The molecule has 0 bridgehead atoms. The van der Waals surface area contributed by atoms with E-state index < -0.39 is 0 Å². The number of hydrogen-bond donors (Lipinski definition) is 0. The molecule has 126 valence electrons. The van der Waals surface area contributed by atoms with E-state index in [0.717, 1.165) is 11.1 Å². The average molecular weight is 333 g/mol. The molecule has 2 heterocycles. The zero-order chi connectivity index (χ0) is 17.5. The molecule has 2 aromatic heterocycles. The molecule has 5 heteroatoms. The fraction of sp³-hybridized carbons (Fsp3) is 0.150. The highest BCUT2D eigenvalue weighted by atomic mass is 16.5. The maximum Gasteiger partial charge on any atom is 0.258 e. The number of hydrogen-bond acceptors (Lipinski definition) is 4. The second kappa shape index (κ2) is 8.06. The van der Waals surface area contributed by atoms with Crippen molar-refractivity contribution in [3.63, 3.8) is 0 Å². The van der Waals surface area contributed by atoms with E-state index in [9.17, 15) is 4.79 Å². The summed E-state index contributed by atoms with van der Waals surface area (Å²) < 4.78 is 5.35. The Bertz CT molecular complexity index is 781. The fourth-order valence-electron chi connectivity index (χ4n) is 2.61. The van der Waals surface area contributed by atoms with Gasteiger partial charge in [0.2, 0.25) is 0 Å². The highest BCUT2D eigenvalue weighted by molar-refractivity contribution is 5.96. The van der Waals surface area contributed by atoms with Gasteiger partial charge >= 0.3 is 0 Å². The second-order valence-corrected chi connectivity index (χ2v) is 5.58. The van der Waals surface area contributed by atoms with E-state index in [-0.39, 0.29) is 5.91 Å². The number of para-hydroxylation sites is 1. The maximum atomic E-state index is 13.1. The van der Waals surface area contributed by atoms with Crippen LogP contribution in [0.4, 0.5) is 0 Å². The third-order valence-corrected chi connectivity index (χ3v) is 3.84. The Kier molecular flexibility index (Phi) is 5.36. The number of aromatic nitrogens is 2. The van der Waals surface area contributed by atoms with Gasteiger partial charge in [-0.2, -0.15) is 0 Å². The first kappa shape index (κ1) is 16.6. The lowest BCUT2D eigenvalue weighted by Crippen LogP contribution is -2.30. The largest absolute Gasteiger partial charge is 0.496 e. The number of amides is 1. The van der Waals surface area contributed by atoms with Crippen LogP contribution < -0.4 is 4.74 Å². The summed E-state index contributed by atoms with van der Waals surface area (Å²) >= 11 is 0. The van der Waals surface area contributed by atoms with Crippen LogP contribution in [0.2, 0.25) is 0 Å². The number of ether oxygens (including phenoxy) is 1. The summed E-state index contributed by atoms with van der Waals surface area (Å²) in [5, 5.41) is 0. The zero-order valence-corrected chi connectivity index (χ0v) is 14.0. The summed E-state index contributed by atoms with van der Waals surface area (Å²) in [4.78, 5) is 23.1. The minimum Gasteiger partial charge on any atom is -0.496 e. The summed E-state index contributed by atoms with van der Waals surface area (Å²) in [6.07, 6.45) is 6.95. The molecule has 0 radical (unpaired) electrons. The van der Waals surface area contributed by atoms with Gasteiger partial charge in [-0.05, 0) is 41.5 Å². The van der Waals surface area contributed by atoms with Crippen molar-refractivity contribution < 1.29 is 9.53 Å². The van der Waals surface area contributed by atoms with Crippen LogP contribution in [0.3, 0.4) is 0 Å². The van der Waals surface area contributed by atoms with Gasteiger partial charge in [0.1, 0.15) is 5.75 Å². The van der Waals surface area contributed by atoms with Gasteiger partial charge in [-0.15, -0.1) is 0 Å². The topological polar surface area (TPSA) is 55.3 Å². The van der Waals surface area contributed by atoms with Crippen molar-refractivity contribution in [1.82, 2.24) is 14.9 Å². The van der Waals surface area contributed by atoms with Gasteiger partial charge in [0.25, 0.3) is 5.91 Å². The zero-order valence-electron chi connectivity index (χ0n) is 14.0. The molecule has 3 rings (SSSR count). The highest BCUT2D eigenvalue weighted by Crippen LogP contribution is 2.21. The van der Waals surface area contributed by atoms with Gasteiger partial charge in [-0.3, -0.25) is 14.8 Å². The molecular formula is C20H19N3O2. The maximum absolute atomic E-state index is 13.1. The molecule has 1 amide bonds. The van der Waals surface area contributed by atoms with Crippen molar-refractivity contribution in [3.8, 4) is 5.75 Å². The summed E-state index contributed by atoms with van der Waals surface area (Å²) in [5.41, 5.74) is 2.53. The van der Waals surface area contributed by atoms with Crippen molar-refractivity contribution in [1.29, 1.82) is 0 Å². The van der Waals surface area contributed by atoms with Gasteiger partial charge in [0.15, 0.2) is 0 Å². The predicted octanol–water partition coefficient (Wildman–Crippen LogP) is 3.33. The van der Waals surface area contributed by atoms with E-state index in [0.29, 0.717) is 24.4 Å². The van der Waals surface area contributed by atoms with E-state index in [1.807, 2.05) is 36.4 Å². The van der Waals surface area contributed by atoms with Crippen LogP contribution in [0, 0.1) is 0 Å². The highest BCUT2D eigenvalue weighted by Gasteiger charge is 2.20. The summed E-state index contributed by atoms with van der Waals surface area (Å²) in [7, 11) is 1.57. The molecule has 5 nitrogen and oxygen atoms in total. The van der Waals surface area contributed by atoms with Gasteiger partial charge < -0.3 is 9.64 Å². The molecule has 0 fully saturated rings. The number of carbonyl (C=O) groups is 1. The third kappa shape index (κ3) is 4.20. The van der Waals surface area contributed by atoms with E-state index in [2.05, 4.69) is 9.97 Å². The Labute approximate surface area is 146 Å². The Morgan fingerprint density at radius 1 is 0.920 bits per heavy atom. The molecular weight excluding hydrogens is 314 g/mol. The quantitative estimate of drug-likeness (QED) is 0.694. The van der Waals surface area contributed by atoms with Crippen molar-refractivity contribution in [2.24, 2.45) is 0 Å². The van der Waals surface area contributed by atoms with Crippen molar-refractivity contribution in [2.45, 2.75) is 13.1 Å². The fourth-order valence-corrected chi connectivity index (χ4v) is 2.61. The Morgan fingerprint density at radius 2 is 1.68 bits per heavy atom. The molecule has 25 heavy (non-hydrogen) atoms. The third-order valence-electron chi connectivity index (χ3n) is 3.84. The Balaban J connectivity index is 1.90. The van der Waals surface area contributed by atoms with Crippen LogP contribution >= 0.6 is 0 Å². The minimum atomic E-state index is -0.0851. The first-order chi connectivity index (χ1) is 12.3. The number of rotatable bonds is 6. The number of carbonyl (C=O) groups excluding carboxylic acids is 1. The van der Waals surface area contributed by atoms with Crippen molar-refractivity contribution in [3.05, 3.63) is 90.0 Å². The molecule has 0 N–H and O–H groups in total. The van der Waals surface area contributed by atoms with Crippen molar-refractivity contribution >= 4 is 5.91 Å². The number of pyridine rings is 2. The molecule has 0 atom stereocenters. The number of nitrogens with zero attached hydrogens (tertiary/aromatic N) is 3. The summed E-state index contributed by atoms with van der Waals surface area (Å²) in [6.45, 7) is 0.946. The molecule has 0 aliphatic heterocycles. The normalized spacial score (nSPS) is 10.3. The van der Waals surface area contributed by atoms with Gasteiger partial charge in [0.05, 0.1) is 12.7 Å². The monoisotopic (exact) mass is 333 g/mol. The van der Waals surface area contributed by atoms with E-state index in [4.69, 9.17) is 4.74 Å². The molecule has 0 spiro atoms. The molecule has 0 saturated heterocycles. The van der Waals surface area contributed by atoms with Crippen LogP contribution in [0.15, 0.2) is 73.3 Å². The average Bonchev–Trinajstić information content (AvgIpc) is 2.68. The van der Waals surface area contributed by atoms with Gasteiger partial charge in [0, 0.05) is 37.9 Å². The van der Waals surface area contributed by atoms with Crippen LogP contribution in [0.1, 0.15) is 21.5 Å². The van der Waals surface area contributed by atoms with Gasteiger partial charge in [-0.25, -0.2) is 0 Å². The molecule has 0 aliphatic carbocycles. The Hall–Kier alpha value is -3.21. The molecule has 0 aliphatic rings. The minimum absolute atomic E-state index is 0.0851. The van der Waals surface area contributed by atoms with E-state index >= 15 is 0 Å². The predicted molar refractivity (Wildman–Crippen MR) is 95.0 cm³/mol. The van der Waals surface area contributed by atoms with Crippen LogP contribution in [0.25, 0.3) is 0 Å². The summed E-state index contributed by atoms with van der Waals surface area (Å²) in [6, 6.07) is 14.9. The Morgan fingerprint density at radius 3 is 2.40 bits per heavy atom. The first-order valence-electron chi connectivity index (χ1n) is 7.98. The molecule has 0 saturated carbocycles. The van der Waals surface area contributed by atoms with Crippen LogP contribution in [0.5, 0.6) is 5.75 Å². The SMILES string of the molecule is COc1ccccc1C(=O)N(Cc1ccncc1)Cc1cccnc1. The van der Waals surface area contributed by atoms with E-state index in [1.54, 1.807) is 48.9 Å². The lowest BCUT2D eigenvalue weighted by Gasteiger charge is -2.24. The number of benzene rings is 1. The number of methoxy groups -OCH3 is 1. The van der Waals surface area contributed by atoms with Crippen molar-refractivity contribution in [2.75, 3.05) is 7.11 Å². The van der Waals surface area contributed by atoms with Crippen LogP contribution in [-0.2, 0) is 13.1 Å². The lowest BCUT2D eigenvalue weighted by molar-refractivity contribution is 0.0726. The lowest BCUT2D eigenvalue weighted by atomic mass is 10.1. The standard InChI is InChI=1S/C20H19N3O2/c1-25-19-7-3-2-6-18(19)20(24)23(14-16-8-11-21-12-9-16)15-17-5-4-10-22-13-17/h2-13H,14-15H2,1H3. The first-order valence-corrected chi connectivity index (χ1v) is 7.98.